The number of aromatic amines is 1. The van der Waals surface area contributed by atoms with E-state index in [1.54, 1.807) is 0 Å². The Balaban J connectivity index is 2.22. The molecule has 3 heterocycles. The van der Waals surface area contributed by atoms with Crippen LogP contribution in [0.15, 0.2) is 9.59 Å². The Bertz CT molecular complexity index is 751. The van der Waals surface area contributed by atoms with Crippen LogP contribution in [0.2, 0.25) is 0 Å². The molecule has 0 unspecified atom stereocenters. The Morgan fingerprint density at radius 2 is 2.00 bits per heavy atom. The van der Waals surface area contributed by atoms with Gasteiger partial charge in [-0.05, 0) is 6.92 Å². The fraction of sp³-hybridized carbons (Fsp3) is 0.583. The number of fused-ring (bicyclic) bond motifs is 1. The zero-order valence-corrected chi connectivity index (χ0v) is 11.5. The van der Waals surface area contributed by atoms with Crippen molar-refractivity contribution < 1.29 is 4.74 Å². The van der Waals surface area contributed by atoms with Crippen LogP contribution in [-0.2, 0) is 18.3 Å². The predicted octanol–water partition coefficient (Wildman–Crippen LogP) is -0.720. The number of rotatable bonds is 2. The Labute approximate surface area is 114 Å². The molecule has 8 nitrogen and oxygen atoms in total. The first kappa shape index (κ1) is 12.9. The van der Waals surface area contributed by atoms with Crippen molar-refractivity contribution in [3.63, 3.8) is 0 Å². The summed E-state index contributed by atoms with van der Waals surface area (Å²) in [6.45, 7) is 5.03. The first-order chi connectivity index (χ1) is 9.63. The van der Waals surface area contributed by atoms with Gasteiger partial charge >= 0.3 is 5.69 Å². The lowest BCUT2D eigenvalue weighted by atomic mass is 10.4. The molecule has 108 valence electrons. The van der Waals surface area contributed by atoms with E-state index in [1.165, 1.54) is 11.6 Å². The third kappa shape index (κ3) is 1.83. The van der Waals surface area contributed by atoms with Gasteiger partial charge in [0.05, 0.1) is 13.2 Å². The van der Waals surface area contributed by atoms with Crippen LogP contribution in [0, 0.1) is 0 Å². The van der Waals surface area contributed by atoms with Crippen LogP contribution in [0.5, 0.6) is 0 Å². The SMILES string of the molecule is CCn1c(=O)n(C)c(=O)c2[nH]c(N3CCOCC3)nc21. The van der Waals surface area contributed by atoms with Crippen molar-refractivity contribution >= 4 is 17.1 Å². The average molecular weight is 279 g/mol. The molecule has 1 aliphatic heterocycles. The minimum atomic E-state index is -0.346. The van der Waals surface area contributed by atoms with Crippen LogP contribution in [0.3, 0.4) is 0 Å². The van der Waals surface area contributed by atoms with Gasteiger partial charge < -0.3 is 14.6 Å². The first-order valence-corrected chi connectivity index (χ1v) is 6.65. The van der Waals surface area contributed by atoms with Crippen LogP contribution < -0.4 is 16.1 Å². The second-order valence-corrected chi connectivity index (χ2v) is 4.75. The highest BCUT2D eigenvalue weighted by Gasteiger charge is 2.19. The maximum absolute atomic E-state index is 12.1. The molecular weight excluding hydrogens is 262 g/mol. The van der Waals surface area contributed by atoms with Crippen molar-refractivity contribution in [2.45, 2.75) is 13.5 Å². The summed E-state index contributed by atoms with van der Waals surface area (Å²) in [6.07, 6.45) is 0. The third-order valence-corrected chi connectivity index (χ3v) is 3.59. The zero-order valence-electron chi connectivity index (χ0n) is 11.5. The molecule has 3 rings (SSSR count). The van der Waals surface area contributed by atoms with Crippen LogP contribution >= 0.6 is 0 Å². The second kappa shape index (κ2) is 4.78. The maximum atomic E-state index is 12.1. The van der Waals surface area contributed by atoms with Gasteiger partial charge in [0.15, 0.2) is 11.2 Å². The Morgan fingerprint density at radius 3 is 2.65 bits per heavy atom. The lowest BCUT2D eigenvalue weighted by Crippen LogP contribution is -2.37. The van der Waals surface area contributed by atoms with E-state index in [4.69, 9.17) is 4.74 Å². The van der Waals surface area contributed by atoms with Crippen molar-refractivity contribution in [2.75, 3.05) is 31.2 Å². The van der Waals surface area contributed by atoms with E-state index in [9.17, 15) is 9.59 Å². The first-order valence-electron chi connectivity index (χ1n) is 6.65. The minimum absolute atomic E-state index is 0.343. The van der Waals surface area contributed by atoms with E-state index >= 15 is 0 Å². The molecular formula is C12H17N5O3. The van der Waals surface area contributed by atoms with Crippen LogP contribution in [-0.4, -0.2) is 45.4 Å². The lowest BCUT2D eigenvalue weighted by molar-refractivity contribution is 0.122. The van der Waals surface area contributed by atoms with Gasteiger partial charge in [0.1, 0.15) is 0 Å². The number of aryl methyl sites for hydroxylation is 1. The molecule has 2 aromatic rings. The van der Waals surface area contributed by atoms with Crippen LogP contribution in [0.4, 0.5) is 5.95 Å². The molecule has 2 aromatic heterocycles. The zero-order chi connectivity index (χ0) is 14.3. The van der Waals surface area contributed by atoms with Crippen molar-refractivity contribution in [3.05, 3.63) is 20.8 Å². The van der Waals surface area contributed by atoms with Gasteiger partial charge in [0.2, 0.25) is 5.95 Å². The van der Waals surface area contributed by atoms with E-state index in [0.717, 1.165) is 17.7 Å². The fourth-order valence-corrected chi connectivity index (χ4v) is 2.43. The van der Waals surface area contributed by atoms with E-state index in [-0.39, 0.29) is 11.2 Å². The Hall–Kier alpha value is -2.09. The molecule has 1 saturated heterocycles. The monoisotopic (exact) mass is 279 g/mol. The molecule has 0 spiro atoms. The molecule has 1 N–H and O–H groups in total. The van der Waals surface area contributed by atoms with E-state index in [0.29, 0.717) is 36.9 Å². The highest BCUT2D eigenvalue weighted by atomic mass is 16.5. The Kier molecular flexibility index (Phi) is 3.09. The summed E-state index contributed by atoms with van der Waals surface area (Å²) in [5.41, 5.74) is 0.101. The number of nitrogens with zero attached hydrogens (tertiary/aromatic N) is 4. The summed E-state index contributed by atoms with van der Waals surface area (Å²) in [5.74, 6) is 0.619. The number of morpholine rings is 1. The molecule has 8 heteroatoms. The molecule has 0 saturated carbocycles. The molecule has 1 fully saturated rings. The number of imidazole rings is 1. The van der Waals surface area contributed by atoms with Crippen molar-refractivity contribution in [2.24, 2.45) is 7.05 Å². The van der Waals surface area contributed by atoms with Gasteiger partial charge in [0, 0.05) is 26.7 Å². The highest BCUT2D eigenvalue weighted by Crippen LogP contribution is 2.15. The van der Waals surface area contributed by atoms with Gasteiger partial charge in [-0.25, -0.2) is 4.79 Å². The molecule has 0 atom stereocenters. The van der Waals surface area contributed by atoms with Crippen LogP contribution in [0.25, 0.3) is 11.2 Å². The molecule has 0 aromatic carbocycles. The summed E-state index contributed by atoms with van der Waals surface area (Å²) in [4.78, 5) is 33.7. The van der Waals surface area contributed by atoms with Crippen molar-refractivity contribution in [3.8, 4) is 0 Å². The van der Waals surface area contributed by atoms with Gasteiger partial charge in [-0.2, -0.15) is 4.98 Å². The number of hydrogen-bond acceptors (Lipinski definition) is 5. The van der Waals surface area contributed by atoms with Crippen molar-refractivity contribution in [1.29, 1.82) is 0 Å². The normalized spacial score (nSPS) is 16.0. The topological polar surface area (TPSA) is 85.2 Å². The number of H-pyrrole nitrogens is 1. The maximum Gasteiger partial charge on any atom is 0.332 e. The van der Waals surface area contributed by atoms with Gasteiger partial charge in [0.25, 0.3) is 5.56 Å². The molecule has 0 bridgehead atoms. The summed E-state index contributed by atoms with van der Waals surface area (Å²) in [6, 6.07) is 0. The number of ether oxygens (including phenoxy) is 1. The fourth-order valence-electron chi connectivity index (χ4n) is 2.43. The number of hydrogen-bond donors (Lipinski definition) is 1. The number of anilines is 1. The standard InChI is InChI=1S/C12H17N5O3/c1-3-17-9-8(10(18)15(2)12(17)19)13-11(14-9)16-4-6-20-7-5-16/h3-7H2,1-2H3,(H,13,14). The summed E-state index contributed by atoms with van der Waals surface area (Å²) in [5, 5.41) is 0. The highest BCUT2D eigenvalue weighted by molar-refractivity contribution is 5.73. The molecule has 0 aliphatic carbocycles. The summed E-state index contributed by atoms with van der Waals surface area (Å²) >= 11 is 0. The van der Waals surface area contributed by atoms with Gasteiger partial charge in [-0.15, -0.1) is 0 Å². The molecule has 20 heavy (non-hydrogen) atoms. The minimum Gasteiger partial charge on any atom is -0.378 e. The molecule has 1 aliphatic rings. The van der Waals surface area contributed by atoms with E-state index < -0.39 is 0 Å². The van der Waals surface area contributed by atoms with E-state index in [1.807, 2.05) is 11.8 Å². The molecule has 0 amide bonds. The number of aromatic nitrogens is 4. The predicted molar refractivity (Wildman–Crippen MR) is 74.3 cm³/mol. The van der Waals surface area contributed by atoms with Gasteiger partial charge in [-0.3, -0.25) is 13.9 Å². The largest absolute Gasteiger partial charge is 0.378 e. The Morgan fingerprint density at radius 1 is 1.30 bits per heavy atom. The molecule has 0 radical (unpaired) electrons. The smallest absolute Gasteiger partial charge is 0.332 e. The quantitative estimate of drug-likeness (QED) is 0.784. The average Bonchev–Trinajstić information content (AvgIpc) is 2.91. The number of nitrogens with one attached hydrogen (secondary N) is 1. The second-order valence-electron chi connectivity index (χ2n) is 4.75. The van der Waals surface area contributed by atoms with Crippen molar-refractivity contribution in [1.82, 2.24) is 19.1 Å². The van der Waals surface area contributed by atoms with E-state index in [2.05, 4.69) is 9.97 Å². The van der Waals surface area contributed by atoms with Gasteiger partial charge in [-0.1, -0.05) is 0 Å². The summed E-state index contributed by atoms with van der Waals surface area (Å²) in [7, 11) is 1.48. The third-order valence-electron chi connectivity index (χ3n) is 3.59. The summed E-state index contributed by atoms with van der Waals surface area (Å²) < 4.78 is 7.90. The lowest BCUT2D eigenvalue weighted by Gasteiger charge is -2.25. The van der Waals surface area contributed by atoms with Crippen LogP contribution in [0.1, 0.15) is 6.92 Å².